The molecule has 0 aliphatic rings. The number of aliphatic hydroxyl groups excluding tert-OH is 1. The first-order valence-corrected chi connectivity index (χ1v) is 3.92. The molecule has 0 aliphatic heterocycles. The SMILES string of the molecule is CC(CO)NCc1ccncn1. The molecule has 0 spiro atoms. The Labute approximate surface area is 71.7 Å². The van der Waals surface area contributed by atoms with E-state index in [4.69, 9.17) is 5.11 Å². The van der Waals surface area contributed by atoms with Crippen molar-refractivity contribution in [1.82, 2.24) is 15.3 Å². The van der Waals surface area contributed by atoms with Crippen LogP contribution < -0.4 is 5.32 Å². The van der Waals surface area contributed by atoms with Crippen LogP contribution in [-0.4, -0.2) is 27.7 Å². The zero-order chi connectivity index (χ0) is 8.81. The molecule has 4 nitrogen and oxygen atoms in total. The Morgan fingerprint density at radius 1 is 1.67 bits per heavy atom. The molecule has 0 fully saturated rings. The maximum Gasteiger partial charge on any atom is 0.115 e. The van der Waals surface area contributed by atoms with E-state index in [1.54, 1.807) is 6.20 Å². The minimum atomic E-state index is 0.111. The van der Waals surface area contributed by atoms with Gasteiger partial charge < -0.3 is 10.4 Å². The van der Waals surface area contributed by atoms with Crippen LogP contribution in [-0.2, 0) is 6.54 Å². The number of rotatable bonds is 4. The van der Waals surface area contributed by atoms with Crippen molar-refractivity contribution < 1.29 is 5.11 Å². The van der Waals surface area contributed by atoms with Crippen LogP contribution in [0.2, 0.25) is 0 Å². The Kier molecular flexibility index (Phi) is 3.63. The van der Waals surface area contributed by atoms with Gasteiger partial charge >= 0.3 is 0 Å². The fraction of sp³-hybridized carbons (Fsp3) is 0.500. The molecule has 1 heterocycles. The van der Waals surface area contributed by atoms with Crippen molar-refractivity contribution in [2.75, 3.05) is 6.61 Å². The van der Waals surface area contributed by atoms with E-state index in [2.05, 4.69) is 15.3 Å². The number of aliphatic hydroxyl groups is 1. The number of hydrogen-bond acceptors (Lipinski definition) is 4. The third-order valence-electron chi connectivity index (χ3n) is 1.55. The summed E-state index contributed by atoms with van der Waals surface area (Å²) in [7, 11) is 0. The van der Waals surface area contributed by atoms with Crippen LogP contribution in [0.4, 0.5) is 0 Å². The van der Waals surface area contributed by atoms with Crippen molar-refractivity contribution in [3.05, 3.63) is 24.3 Å². The molecule has 1 aromatic rings. The van der Waals surface area contributed by atoms with E-state index in [0.717, 1.165) is 5.69 Å². The van der Waals surface area contributed by atoms with Gasteiger partial charge in [0.05, 0.1) is 12.3 Å². The van der Waals surface area contributed by atoms with E-state index in [-0.39, 0.29) is 12.6 Å². The largest absolute Gasteiger partial charge is 0.395 e. The molecule has 66 valence electrons. The zero-order valence-corrected chi connectivity index (χ0v) is 7.07. The summed E-state index contributed by atoms with van der Waals surface area (Å²) < 4.78 is 0. The minimum Gasteiger partial charge on any atom is -0.395 e. The lowest BCUT2D eigenvalue weighted by Gasteiger charge is -2.08. The smallest absolute Gasteiger partial charge is 0.115 e. The summed E-state index contributed by atoms with van der Waals surface area (Å²) in [4.78, 5) is 7.83. The van der Waals surface area contributed by atoms with E-state index in [0.29, 0.717) is 6.54 Å². The predicted molar refractivity (Wildman–Crippen MR) is 45.4 cm³/mol. The van der Waals surface area contributed by atoms with Gasteiger partial charge in [0.15, 0.2) is 0 Å². The summed E-state index contributed by atoms with van der Waals surface area (Å²) in [5.41, 5.74) is 0.935. The highest BCUT2D eigenvalue weighted by Gasteiger charge is 1.98. The molecule has 1 aromatic heterocycles. The van der Waals surface area contributed by atoms with Crippen molar-refractivity contribution in [1.29, 1.82) is 0 Å². The normalized spacial score (nSPS) is 12.8. The highest BCUT2D eigenvalue weighted by Crippen LogP contribution is 1.90. The lowest BCUT2D eigenvalue weighted by atomic mass is 10.3. The summed E-state index contributed by atoms with van der Waals surface area (Å²) >= 11 is 0. The minimum absolute atomic E-state index is 0.111. The van der Waals surface area contributed by atoms with Crippen molar-refractivity contribution >= 4 is 0 Å². The van der Waals surface area contributed by atoms with Gasteiger partial charge in [0.2, 0.25) is 0 Å². The van der Waals surface area contributed by atoms with E-state index >= 15 is 0 Å². The van der Waals surface area contributed by atoms with Gasteiger partial charge in [-0.3, -0.25) is 0 Å². The van der Waals surface area contributed by atoms with Gasteiger partial charge in [-0.1, -0.05) is 0 Å². The average Bonchev–Trinajstić information content (AvgIpc) is 2.16. The van der Waals surface area contributed by atoms with Crippen LogP contribution in [0.1, 0.15) is 12.6 Å². The molecule has 0 aliphatic carbocycles. The van der Waals surface area contributed by atoms with E-state index in [9.17, 15) is 0 Å². The first-order valence-electron chi connectivity index (χ1n) is 3.92. The standard InChI is InChI=1S/C8H13N3O/c1-7(5-12)10-4-8-2-3-9-6-11-8/h2-3,6-7,10,12H,4-5H2,1H3. The number of aromatic nitrogens is 2. The van der Waals surface area contributed by atoms with Crippen LogP contribution in [0.5, 0.6) is 0 Å². The summed E-state index contributed by atoms with van der Waals surface area (Å²) in [6, 6.07) is 1.96. The van der Waals surface area contributed by atoms with E-state index in [1.807, 2.05) is 13.0 Å². The summed E-state index contributed by atoms with van der Waals surface area (Å²) in [5.74, 6) is 0. The molecule has 12 heavy (non-hydrogen) atoms. The Morgan fingerprint density at radius 2 is 2.50 bits per heavy atom. The summed E-state index contributed by atoms with van der Waals surface area (Å²) in [5, 5.41) is 11.8. The molecule has 1 rings (SSSR count). The monoisotopic (exact) mass is 167 g/mol. The molecule has 1 unspecified atom stereocenters. The van der Waals surface area contributed by atoms with Gasteiger partial charge in [-0.15, -0.1) is 0 Å². The molecule has 0 aromatic carbocycles. The highest BCUT2D eigenvalue weighted by atomic mass is 16.3. The first kappa shape index (κ1) is 9.09. The Balaban J connectivity index is 2.33. The lowest BCUT2D eigenvalue weighted by molar-refractivity contribution is 0.250. The highest BCUT2D eigenvalue weighted by molar-refractivity contribution is 4.97. The van der Waals surface area contributed by atoms with E-state index in [1.165, 1.54) is 6.33 Å². The number of nitrogens with zero attached hydrogens (tertiary/aromatic N) is 2. The Morgan fingerprint density at radius 3 is 3.08 bits per heavy atom. The van der Waals surface area contributed by atoms with Crippen molar-refractivity contribution in [3.63, 3.8) is 0 Å². The average molecular weight is 167 g/mol. The second-order valence-corrected chi connectivity index (χ2v) is 2.67. The number of hydrogen-bond donors (Lipinski definition) is 2. The fourth-order valence-corrected chi connectivity index (χ4v) is 0.766. The maximum absolute atomic E-state index is 8.72. The van der Waals surface area contributed by atoms with Gasteiger partial charge in [-0.25, -0.2) is 9.97 Å². The van der Waals surface area contributed by atoms with E-state index < -0.39 is 0 Å². The molecule has 0 saturated heterocycles. The van der Waals surface area contributed by atoms with Crippen LogP contribution >= 0.6 is 0 Å². The second kappa shape index (κ2) is 4.79. The molecule has 4 heteroatoms. The molecular formula is C8H13N3O. The zero-order valence-electron chi connectivity index (χ0n) is 7.07. The van der Waals surface area contributed by atoms with Crippen molar-refractivity contribution in [3.8, 4) is 0 Å². The quantitative estimate of drug-likeness (QED) is 0.660. The van der Waals surface area contributed by atoms with Gasteiger partial charge in [0, 0.05) is 18.8 Å². The molecule has 0 amide bonds. The van der Waals surface area contributed by atoms with Crippen LogP contribution in [0, 0.1) is 0 Å². The van der Waals surface area contributed by atoms with Gasteiger partial charge in [0.1, 0.15) is 6.33 Å². The predicted octanol–water partition coefficient (Wildman–Crippen LogP) is -0.0530. The Hall–Kier alpha value is -1.00. The van der Waals surface area contributed by atoms with Gasteiger partial charge in [-0.05, 0) is 13.0 Å². The maximum atomic E-state index is 8.72. The van der Waals surface area contributed by atoms with Gasteiger partial charge in [-0.2, -0.15) is 0 Å². The van der Waals surface area contributed by atoms with Crippen LogP contribution in [0.25, 0.3) is 0 Å². The fourth-order valence-electron chi connectivity index (χ4n) is 0.766. The van der Waals surface area contributed by atoms with Gasteiger partial charge in [0.25, 0.3) is 0 Å². The van der Waals surface area contributed by atoms with Crippen LogP contribution in [0.15, 0.2) is 18.6 Å². The topological polar surface area (TPSA) is 58.0 Å². The van der Waals surface area contributed by atoms with Crippen LogP contribution in [0.3, 0.4) is 0 Å². The molecule has 2 N–H and O–H groups in total. The lowest BCUT2D eigenvalue weighted by Crippen LogP contribution is -2.28. The summed E-state index contributed by atoms with van der Waals surface area (Å²) in [6.07, 6.45) is 3.22. The Bertz CT molecular complexity index is 215. The third kappa shape index (κ3) is 2.94. The first-order chi connectivity index (χ1) is 5.83. The summed E-state index contributed by atoms with van der Waals surface area (Å²) in [6.45, 7) is 2.73. The molecule has 0 radical (unpaired) electrons. The van der Waals surface area contributed by atoms with Crippen molar-refractivity contribution in [2.24, 2.45) is 0 Å². The molecule has 0 saturated carbocycles. The molecule has 1 atom stereocenters. The third-order valence-corrected chi connectivity index (χ3v) is 1.55. The number of nitrogens with one attached hydrogen (secondary N) is 1. The second-order valence-electron chi connectivity index (χ2n) is 2.67. The molecule has 0 bridgehead atoms. The molecular weight excluding hydrogens is 154 g/mol. The van der Waals surface area contributed by atoms with Crippen molar-refractivity contribution in [2.45, 2.75) is 19.5 Å².